The molecule has 22 heavy (non-hydrogen) atoms. The first kappa shape index (κ1) is 17.0. The molecule has 1 N–H and O–H groups in total. The van der Waals surface area contributed by atoms with Gasteiger partial charge in [-0.25, -0.2) is 0 Å². The lowest BCUT2D eigenvalue weighted by Crippen LogP contribution is -2.01. The first-order valence-corrected chi connectivity index (χ1v) is 9.30. The van der Waals surface area contributed by atoms with Crippen molar-refractivity contribution in [2.75, 3.05) is 6.61 Å². The van der Waals surface area contributed by atoms with Gasteiger partial charge in [0.05, 0.1) is 6.61 Å². The van der Waals surface area contributed by atoms with E-state index in [1.165, 1.54) is 0 Å². The molecule has 0 heterocycles. The lowest BCUT2D eigenvalue weighted by atomic mass is 10.2. The number of benzene rings is 2. The lowest BCUT2D eigenvalue weighted by molar-refractivity contribution is 0.219. The van der Waals surface area contributed by atoms with Gasteiger partial charge in [-0.1, -0.05) is 52.2 Å². The van der Waals surface area contributed by atoms with Crippen LogP contribution in [0, 0.1) is 11.6 Å². The molecule has 2 aromatic rings. The van der Waals surface area contributed by atoms with E-state index in [0.717, 1.165) is 10.0 Å². The topological polar surface area (TPSA) is 46.5 Å². The molecule has 3 nitrogen and oxygen atoms in total. The van der Waals surface area contributed by atoms with Gasteiger partial charge in [0.2, 0.25) is 0 Å². The van der Waals surface area contributed by atoms with Crippen molar-refractivity contribution in [3.8, 4) is 11.6 Å². The fourth-order valence-corrected chi connectivity index (χ4v) is 3.68. The normalized spacial score (nSPS) is 14.5. The van der Waals surface area contributed by atoms with Crippen molar-refractivity contribution in [2.45, 2.75) is 12.8 Å². The molecule has 5 heteroatoms. The zero-order valence-electron chi connectivity index (χ0n) is 12.1. The molecule has 2 rings (SSSR count). The average Bonchev–Trinajstić information content (AvgIpc) is 2.54. The summed E-state index contributed by atoms with van der Waals surface area (Å²) in [5.41, 5.74) is 3.89. The molecule has 2 atom stereocenters. The number of rotatable bonds is 4. The van der Waals surface area contributed by atoms with Crippen molar-refractivity contribution in [3.05, 3.63) is 70.2 Å². The molecule has 2 aromatic carbocycles. The van der Waals surface area contributed by atoms with Gasteiger partial charge in [-0.15, -0.1) is 0 Å². The first-order chi connectivity index (χ1) is 10.5. The lowest BCUT2D eigenvalue weighted by Gasteiger charge is -2.18. The quantitative estimate of drug-likeness (QED) is 0.615. The van der Waals surface area contributed by atoms with Gasteiger partial charge < -0.3 is 9.63 Å². The smallest absolute Gasteiger partial charge is 0.306 e. The number of hydrogen-bond donors (Lipinski definition) is 1. The second-order valence-corrected chi connectivity index (χ2v) is 7.62. The number of halogens is 1. The fourth-order valence-electron chi connectivity index (χ4n) is 1.85. The van der Waals surface area contributed by atoms with Crippen LogP contribution in [0.1, 0.15) is 23.9 Å². The van der Waals surface area contributed by atoms with Crippen molar-refractivity contribution in [3.63, 3.8) is 0 Å². The second kappa shape index (κ2) is 7.76. The summed E-state index contributed by atoms with van der Waals surface area (Å²) in [6, 6.07) is 16.2. The predicted octanol–water partition coefficient (Wildman–Crippen LogP) is 4.76. The van der Waals surface area contributed by atoms with Crippen molar-refractivity contribution in [2.24, 2.45) is 0 Å². The van der Waals surface area contributed by atoms with Gasteiger partial charge in [0, 0.05) is 10.0 Å². The maximum Gasteiger partial charge on any atom is 0.306 e. The molecule has 0 saturated carbocycles. The summed E-state index contributed by atoms with van der Waals surface area (Å²) >= 11 is 3.33. The highest BCUT2D eigenvalue weighted by Crippen LogP contribution is 2.57. The van der Waals surface area contributed by atoms with Gasteiger partial charge in [0.25, 0.3) is 0 Å². The van der Waals surface area contributed by atoms with Crippen molar-refractivity contribution < 1.29 is 14.2 Å². The Kier molecular flexibility index (Phi) is 5.99. The highest BCUT2D eigenvalue weighted by Gasteiger charge is 2.32. The third-order valence-corrected chi connectivity index (χ3v) is 5.48. The summed E-state index contributed by atoms with van der Waals surface area (Å²) in [6.07, 6.45) is 0. The summed E-state index contributed by atoms with van der Waals surface area (Å²) in [7, 11) is -3.53. The van der Waals surface area contributed by atoms with Gasteiger partial charge in [-0.3, -0.25) is 4.57 Å². The molecule has 0 aromatic heterocycles. The van der Waals surface area contributed by atoms with Gasteiger partial charge in [0.1, 0.15) is 0 Å². The van der Waals surface area contributed by atoms with Crippen LogP contribution < -0.4 is 0 Å². The highest BCUT2D eigenvalue weighted by atomic mass is 79.9. The van der Waals surface area contributed by atoms with Crippen LogP contribution in [0.5, 0.6) is 0 Å². The van der Waals surface area contributed by atoms with Crippen LogP contribution in [0.2, 0.25) is 0 Å². The standard InChI is InChI=1S/C17H16BrO3P/c1-2-21-22(20,13-12-14-6-4-3-5-7-14)17(19)15-8-10-16(18)11-9-15/h3-11,17,19H,2H2,1H3. The van der Waals surface area contributed by atoms with E-state index in [-0.39, 0.29) is 6.61 Å². The molecule has 0 amide bonds. The summed E-state index contributed by atoms with van der Waals surface area (Å²) in [6.45, 7) is 1.94. The van der Waals surface area contributed by atoms with Crippen LogP contribution in [-0.2, 0) is 9.09 Å². The monoisotopic (exact) mass is 378 g/mol. The molecule has 0 fully saturated rings. The third-order valence-electron chi connectivity index (χ3n) is 2.94. The Labute approximate surface area is 138 Å². The predicted molar refractivity (Wildman–Crippen MR) is 91.7 cm³/mol. The van der Waals surface area contributed by atoms with E-state index in [1.54, 1.807) is 31.2 Å². The third kappa shape index (κ3) is 4.32. The molecule has 0 spiro atoms. The number of aliphatic hydroxyl groups excluding tert-OH is 1. The van der Waals surface area contributed by atoms with Crippen LogP contribution in [0.4, 0.5) is 0 Å². The molecule has 0 saturated heterocycles. The van der Waals surface area contributed by atoms with E-state index in [1.807, 2.05) is 30.3 Å². The SMILES string of the molecule is CCOP(=O)(C#Cc1ccccc1)C(O)c1ccc(Br)cc1. The molecule has 114 valence electrons. The average molecular weight is 379 g/mol. The van der Waals surface area contributed by atoms with Gasteiger partial charge in [-0.2, -0.15) is 0 Å². The van der Waals surface area contributed by atoms with Crippen LogP contribution in [0.15, 0.2) is 59.1 Å². The van der Waals surface area contributed by atoms with Gasteiger partial charge in [-0.05, 0) is 42.4 Å². The highest BCUT2D eigenvalue weighted by molar-refractivity contribution is 9.10. The maximum absolute atomic E-state index is 12.9. The van der Waals surface area contributed by atoms with Crippen molar-refractivity contribution >= 4 is 23.3 Å². The summed E-state index contributed by atoms with van der Waals surface area (Å²) in [4.78, 5) is 0. The zero-order valence-corrected chi connectivity index (χ0v) is 14.5. The molecule has 0 aliphatic carbocycles. The minimum atomic E-state index is -3.53. The molecule has 0 radical (unpaired) electrons. The van der Waals surface area contributed by atoms with Gasteiger partial charge >= 0.3 is 7.37 Å². The minimum absolute atomic E-state index is 0.217. The molecular formula is C17H16BrO3P. The first-order valence-electron chi connectivity index (χ1n) is 6.81. The second-order valence-electron chi connectivity index (χ2n) is 4.54. The molecule has 0 aliphatic heterocycles. The molecule has 0 aliphatic rings. The maximum atomic E-state index is 12.9. The Bertz CT molecular complexity index is 717. The summed E-state index contributed by atoms with van der Waals surface area (Å²) in [5, 5.41) is 10.4. The van der Waals surface area contributed by atoms with E-state index in [9.17, 15) is 9.67 Å². The molecular weight excluding hydrogens is 363 g/mol. The summed E-state index contributed by atoms with van der Waals surface area (Å²) in [5.74, 6) is 1.56. The fraction of sp³-hybridized carbons (Fsp3) is 0.176. The largest absolute Gasteiger partial charge is 0.377 e. The Morgan fingerprint density at radius 1 is 1.18 bits per heavy atom. The van der Waals surface area contributed by atoms with Crippen LogP contribution in [-0.4, -0.2) is 11.7 Å². The van der Waals surface area contributed by atoms with E-state index >= 15 is 0 Å². The van der Waals surface area contributed by atoms with Gasteiger partial charge in [0.15, 0.2) is 5.85 Å². The van der Waals surface area contributed by atoms with E-state index < -0.39 is 13.2 Å². The Morgan fingerprint density at radius 3 is 2.41 bits per heavy atom. The Balaban J connectivity index is 2.33. The Hall–Kier alpha value is -1.37. The van der Waals surface area contributed by atoms with E-state index in [0.29, 0.717) is 5.56 Å². The van der Waals surface area contributed by atoms with Crippen molar-refractivity contribution in [1.82, 2.24) is 0 Å². The van der Waals surface area contributed by atoms with E-state index in [4.69, 9.17) is 4.52 Å². The van der Waals surface area contributed by atoms with Crippen LogP contribution >= 0.6 is 23.3 Å². The number of aliphatic hydroxyl groups is 1. The zero-order chi connectivity index (χ0) is 16.0. The van der Waals surface area contributed by atoms with E-state index in [2.05, 4.69) is 27.5 Å². The summed E-state index contributed by atoms with van der Waals surface area (Å²) < 4.78 is 19.1. The van der Waals surface area contributed by atoms with Crippen LogP contribution in [0.3, 0.4) is 0 Å². The van der Waals surface area contributed by atoms with Crippen LogP contribution in [0.25, 0.3) is 0 Å². The minimum Gasteiger partial charge on any atom is -0.377 e. The number of hydrogen-bond acceptors (Lipinski definition) is 3. The Morgan fingerprint density at radius 2 is 1.82 bits per heavy atom. The molecule has 0 bridgehead atoms. The molecule has 2 unspecified atom stereocenters. The van der Waals surface area contributed by atoms with Crippen molar-refractivity contribution in [1.29, 1.82) is 0 Å².